The summed E-state index contributed by atoms with van der Waals surface area (Å²) in [6, 6.07) is 1.93. The number of hydrogen-bond acceptors (Lipinski definition) is 8. The minimum absolute atomic E-state index is 0.280. The molecule has 2 rings (SSSR count). The molecule has 4 N–H and O–H groups in total. The highest BCUT2D eigenvalue weighted by molar-refractivity contribution is 5.97. The van der Waals surface area contributed by atoms with Gasteiger partial charge in [0.1, 0.15) is 30.2 Å². The van der Waals surface area contributed by atoms with Crippen molar-refractivity contribution in [3.05, 3.63) is 0 Å². The van der Waals surface area contributed by atoms with E-state index < -0.39 is 37.3 Å². The van der Waals surface area contributed by atoms with Crippen molar-refractivity contribution < 1.29 is 24.9 Å². The van der Waals surface area contributed by atoms with Gasteiger partial charge in [0, 0.05) is 19.9 Å². The highest BCUT2D eigenvalue weighted by Crippen LogP contribution is 2.31. The Balaban J connectivity index is 2.11. The van der Waals surface area contributed by atoms with Crippen LogP contribution in [0.25, 0.3) is 0 Å². The van der Waals surface area contributed by atoms with E-state index in [2.05, 4.69) is 10.3 Å². The van der Waals surface area contributed by atoms with Crippen LogP contribution in [0.1, 0.15) is 13.3 Å². The van der Waals surface area contributed by atoms with Gasteiger partial charge in [-0.05, 0) is 0 Å². The molecule has 0 aliphatic carbocycles. The van der Waals surface area contributed by atoms with Gasteiger partial charge in [-0.2, -0.15) is 5.26 Å². The molecule has 0 aromatic carbocycles. The molecule has 0 bridgehead atoms. The summed E-state index contributed by atoms with van der Waals surface area (Å²) in [4.78, 5) is 16.3. The molecule has 1 fully saturated rings. The third kappa shape index (κ3) is 3.20. The van der Waals surface area contributed by atoms with E-state index in [0.29, 0.717) is 18.8 Å². The monoisotopic (exact) mass is 298 g/mol. The zero-order valence-corrected chi connectivity index (χ0v) is 11.5. The van der Waals surface area contributed by atoms with Gasteiger partial charge in [-0.3, -0.25) is 4.79 Å². The van der Waals surface area contributed by atoms with Gasteiger partial charge in [-0.1, -0.05) is 0 Å². The van der Waals surface area contributed by atoms with Crippen molar-refractivity contribution in [2.24, 2.45) is 10.9 Å². The summed E-state index contributed by atoms with van der Waals surface area (Å²) in [6.07, 6.45) is -3.77. The van der Waals surface area contributed by atoms with Crippen LogP contribution in [-0.2, 0) is 9.53 Å². The number of ether oxygens (including phenoxy) is 1. The summed E-state index contributed by atoms with van der Waals surface area (Å²) in [6.45, 7) is 1.23. The first-order chi connectivity index (χ1) is 9.97. The number of nitriles is 1. The standard InChI is InChI=1S/C12H18N4O5/c1-6(18)14-9-2-3-16(12(20)15-9)11-7(4-13)10(19)8(5-17)21-11/h7-8,10-12,17,19-20H,2-3,5H2,1H3,(H,14,15,18)/t7?,8-,10?,11-,12?/m1/s1. The number of rotatable bonds is 2. The Bertz CT molecular complexity index is 477. The molecule has 5 atom stereocenters. The third-order valence-corrected chi connectivity index (χ3v) is 3.52. The van der Waals surface area contributed by atoms with Crippen LogP contribution in [0.4, 0.5) is 0 Å². The van der Waals surface area contributed by atoms with Crippen LogP contribution in [-0.4, -0.2) is 69.9 Å². The number of amidine groups is 1. The molecule has 2 aliphatic heterocycles. The number of aliphatic hydroxyl groups is 3. The number of aliphatic imine (C=N–C) groups is 1. The molecule has 0 saturated carbocycles. The van der Waals surface area contributed by atoms with Gasteiger partial charge in [0.2, 0.25) is 12.3 Å². The highest BCUT2D eigenvalue weighted by atomic mass is 16.5. The van der Waals surface area contributed by atoms with E-state index in [1.165, 1.54) is 11.8 Å². The minimum Gasteiger partial charge on any atom is -0.394 e. The summed E-state index contributed by atoms with van der Waals surface area (Å²) in [7, 11) is 0. The molecular formula is C12H18N4O5. The lowest BCUT2D eigenvalue weighted by Gasteiger charge is -2.35. The predicted molar refractivity (Wildman–Crippen MR) is 69.4 cm³/mol. The molecule has 2 heterocycles. The molecule has 116 valence electrons. The van der Waals surface area contributed by atoms with Gasteiger partial charge in [-0.15, -0.1) is 0 Å². The Labute approximate surface area is 121 Å². The first-order valence-corrected chi connectivity index (χ1v) is 6.60. The summed E-state index contributed by atoms with van der Waals surface area (Å²) in [5.74, 6) is -0.816. The van der Waals surface area contributed by atoms with Crippen molar-refractivity contribution in [1.29, 1.82) is 5.26 Å². The first-order valence-electron chi connectivity index (χ1n) is 6.60. The average Bonchev–Trinajstić information content (AvgIpc) is 2.74. The number of amides is 1. The Hall–Kier alpha value is -1.57. The quantitative estimate of drug-likeness (QED) is 0.450. The maximum atomic E-state index is 11.0. The van der Waals surface area contributed by atoms with Gasteiger partial charge in [0.05, 0.1) is 12.7 Å². The molecule has 2 aliphatic rings. The molecule has 1 saturated heterocycles. The molecule has 21 heavy (non-hydrogen) atoms. The molecule has 0 aromatic rings. The van der Waals surface area contributed by atoms with E-state index in [1.807, 2.05) is 6.07 Å². The Morgan fingerprint density at radius 3 is 2.86 bits per heavy atom. The number of hydrogen-bond donors (Lipinski definition) is 4. The normalized spacial score (nSPS) is 36.9. The lowest BCUT2D eigenvalue weighted by Crippen LogP contribution is -2.51. The van der Waals surface area contributed by atoms with Crippen molar-refractivity contribution in [2.75, 3.05) is 13.2 Å². The molecule has 9 nitrogen and oxygen atoms in total. The van der Waals surface area contributed by atoms with Gasteiger partial charge >= 0.3 is 0 Å². The van der Waals surface area contributed by atoms with E-state index in [9.17, 15) is 15.0 Å². The topological polar surface area (TPSA) is 138 Å². The fraction of sp³-hybridized carbons (Fsp3) is 0.750. The third-order valence-electron chi connectivity index (χ3n) is 3.52. The number of nitrogens with one attached hydrogen (secondary N) is 1. The van der Waals surface area contributed by atoms with Gasteiger partial charge in [0.25, 0.3) is 0 Å². The summed E-state index contributed by atoms with van der Waals surface area (Å²) >= 11 is 0. The molecule has 0 radical (unpaired) electrons. The van der Waals surface area contributed by atoms with Crippen LogP contribution in [0.5, 0.6) is 0 Å². The van der Waals surface area contributed by atoms with Gasteiger partial charge in [0.15, 0.2) is 0 Å². The van der Waals surface area contributed by atoms with Gasteiger partial charge < -0.3 is 25.4 Å². The molecular weight excluding hydrogens is 280 g/mol. The summed E-state index contributed by atoms with van der Waals surface area (Å²) in [5.41, 5.74) is 0. The maximum absolute atomic E-state index is 11.0. The fourth-order valence-corrected chi connectivity index (χ4v) is 2.50. The summed E-state index contributed by atoms with van der Waals surface area (Å²) < 4.78 is 5.44. The average molecular weight is 298 g/mol. The van der Waals surface area contributed by atoms with Crippen LogP contribution >= 0.6 is 0 Å². The van der Waals surface area contributed by atoms with E-state index >= 15 is 0 Å². The Morgan fingerprint density at radius 1 is 1.62 bits per heavy atom. The van der Waals surface area contributed by atoms with Crippen molar-refractivity contribution >= 4 is 11.7 Å². The maximum Gasteiger partial charge on any atom is 0.222 e. The minimum atomic E-state index is -1.29. The van der Waals surface area contributed by atoms with E-state index in [1.54, 1.807) is 0 Å². The highest BCUT2D eigenvalue weighted by Gasteiger charge is 2.48. The van der Waals surface area contributed by atoms with Gasteiger partial charge in [-0.25, -0.2) is 9.89 Å². The largest absolute Gasteiger partial charge is 0.394 e. The molecule has 0 aromatic heterocycles. The first kappa shape index (κ1) is 15.8. The zero-order valence-electron chi connectivity index (χ0n) is 11.5. The van der Waals surface area contributed by atoms with Crippen LogP contribution < -0.4 is 5.32 Å². The molecule has 9 heteroatoms. The Kier molecular flexibility index (Phi) is 4.87. The fourth-order valence-electron chi connectivity index (χ4n) is 2.50. The van der Waals surface area contributed by atoms with Crippen molar-refractivity contribution in [3.8, 4) is 6.07 Å². The molecule has 0 spiro atoms. The number of nitrogens with zero attached hydrogens (tertiary/aromatic N) is 3. The second-order valence-corrected chi connectivity index (χ2v) is 4.98. The van der Waals surface area contributed by atoms with Crippen molar-refractivity contribution in [2.45, 2.75) is 38.1 Å². The van der Waals surface area contributed by atoms with Crippen LogP contribution in [0.2, 0.25) is 0 Å². The number of carbonyl (C=O) groups excluding carboxylic acids is 1. The van der Waals surface area contributed by atoms with Crippen molar-refractivity contribution in [1.82, 2.24) is 10.2 Å². The zero-order chi connectivity index (χ0) is 15.6. The summed E-state index contributed by atoms with van der Waals surface area (Å²) in [5, 5.41) is 40.7. The van der Waals surface area contributed by atoms with E-state index in [-0.39, 0.29) is 5.91 Å². The smallest absolute Gasteiger partial charge is 0.222 e. The van der Waals surface area contributed by atoms with E-state index in [4.69, 9.17) is 15.1 Å². The second kappa shape index (κ2) is 6.46. The SMILES string of the molecule is CC(=O)NC1=NC(O)N([C@@H]2O[C@H](CO)C(O)C2C#N)CC1. The molecule has 1 amide bonds. The number of carbonyl (C=O) groups is 1. The second-order valence-electron chi connectivity index (χ2n) is 4.98. The van der Waals surface area contributed by atoms with Crippen LogP contribution in [0.15, 0.2) is 4.99 Å². The predicted octanol–water partition coefficient (Wildman–Crippen LogP) is -2.28. The lowest BCUT2D eigenvalue weighted by molar-refractivity contribution is -0.138. The molecule has 3 unspecified atom stereocenters. The Morgan fingerprint density at radius 2 is 2.33 bits per heavy atom. The lowest BCUT2D eigenvalue weighted by atomic mass is 10.0. The number of aliphatic hydroxyl groups excluding tert-OH is 3. The van der Waals surface area contributed by atoms with Crippen molar-refractivity contribution in [3.63, 3.8) is 0 Å². The van der Waals surface area contributed by atoms with Crippen LogP contribution in [0, 0.1) is 17.2 Å². The van der Waals surface area contributed by atoms with E-state index in [0.717, 1.165) is 0 Å². The van der Waals surface area contributed by atoms with Crippen LogP contribution in [0.3, 0.4) is 0 Å².